The normalized spacial score (nSPS) is 16.9. The lowest BCUT2D eigenvalue weighted by atomic mass is 10.1. The third-order valence-electron chi connectivity index (χ3n) is 3.48. The maximum absolute atomic E-state index is 12.0. The third kappa shape index (κ3) is 3.87. The number of piperidine rings is 1. The smallest absolute Gasteiger partial charge is 0.260 e. The highest BCUT2D eigenvalue weighted by atomic mass is 35.5. The standard InChI is InChI=1S/C15H20ClNO3/c1-11(18)13-9-12(16)5-6-14(13)20-10-15(19)17-7-3-2-4-8-17/h5-6,9,11,18H,2-4,7-8,10H2,1H3/t11-/m0/s1. The van der Waals surface area contributed by atoms with E-state index >= 15 is 0 Å². The summed E-state index contributed by atoms with van der Waals surface area (Å²) in [5.74, 6) is 0.506. The Kier molecular flexibility index (Phi) is 5.26. The van der Waals surface area contributed by atoms with Crippen molar-refractivity contribution in [1.82, 2.24) is 4.90 Å². The van der Waals surface area contributed by atoms with Gasteiger partial charge in [-0.05, 0) is 44.4 Å². The number of benzene rings is 1. The van der Waals surface area contributed by atoms with Crippen molar-refractivity contribution in [3.63, 3.8) is 0 Å². The minimum absolute atomic E-state index is 0.00134. The number of carbonyl (C=O) groups is 1. The molecular formula is C15H20ClNO3. The lowest BCUT2D eigenvalue weighted by Gasteiger charge is -2.26. The van der Waals surface area contributed by atoms with E-state index in [2.05, 4.69) is 0 Å². The van der Waals surface area contributed by atoms with Gasteiger partial charge in [0.1, 0.15) is 5.75 Å². The summed E-state index contributed by atoms with van der Waals surface area (Å²) in [6.45, 7) is 3.27. The fourth-order valence-corrected chi connectivity index (χ4v) is 2.53. The second-order valence-electron chi connectivity index (χ2n) is 5.09. The van der Waals surface area contributed by atoms with E-state index in [1.165, 1.54) is 6.42 Å². The van der Waals surface area contributed by atoms with Crippen LogP contribution in [-0.2, 0) is 4.79 Å². The average Bonchev–Trinajstić information content (AvgIpc) is 2.46. The van der Waals surface area contributed by atoms with Crippen LogP contribution in [0.4, 0.5) is 0 Å². The zero-order valence-electron chi connectivity index (χ0n) is 11.6. The highest BCUT2D eigenvalue weighted by Gasteiger charge is 2.18. The maximum Gasteiger partial charge on any atom is 0.260 e. The number of hydrogen-bond donors (Lipinski definition) is 1. The summed E-state index contributed by atoms with van der Waals surface area (Å²) in [5, 5.41) is 10.2. The van der Waals surface area contributed by atoms with Crippen LogP contribution < -0.4 is 4.74 Å². The number of aliphatic hydroxyl groups excluding tert-OH is 1. The number of amides is 1. The van der Waals surface area contributed by atoms with Crippen LogP contribution in [0.2, 0.25) is 5.02 Å². The molecule has 1 aromatic carbocycles. The fourth-order valence-electron chi connectivity index (χ4n) is 2.35. The van der Waals surface area contributed by atoms with E-state index in [1.54, 1.807) is 25.1 Å². The summed E-state index contributed by atoms with van der Waals surface area (Å²) in [6, 6.07) is 5.04. The van der Waals surface area contributed by atoms with E-state index in [1.807, 2.05) is 4.90 Å². The Morgan fingerprint density at radius 1 is 1.40 bits per heavy atom. The van der Waals surface area contributed by atoms with Gasteiger partial charge in [-0.3, -0.25) is 4.79 Å². The molecule has 1 amide bonds. The quantitative estimate of drug-likeness (QED) is 0.930. The van der Waals surface area contributed by atoms with Gasteiger partial charge in [0, 0.05) is 23.7 Å². The molecule has 1 atom stereocenters. The lowest BCUT2D eigenvalue weighted by Crippen LogP contribution is -2.38. The minimum atomic E-state index is -0.686. The minimum Gasteiger partial charge on any atom is -0.483 e. The molecule has 0 radical (unpaired) electrons. The van der Waals surface area contributed by atoms with Crippen LogP contribution in [0.25, 0.3) is 0 Å². The van der Waals surface area contributed by atoms with Crippen molar-refractivity contribution in [1.29, 1.82) is 0 Å². The molecule has 0 spiro atoms. The number of likely N-dealkylation sites (tertiary alicyclic amines) is 1. The molecule has 1 aliphatic heterocycles. The molecule has 1 saturated heterocycles. The molecule has 2 rings (SSSR count). The molecule has 110 valence electrons. The topological polar surface area (TPSA) is 49.8 Å². The highest BCUT2D eigenvalue weighted by Crippen LogP contribution is 2.28. The molecule has 0 saturated carbocycles. The van der Waals surface area contributed by atoms with Crippen LogP contribution in [0.3, 0.4) is 0 Å². The zero-order chi connectivity index (χ0) is 14.5. The second-order valence-corrected chi connectivity index (χ2v) is 5.52. The first-order valence-electron chi connectivity index (χ1n) is 6.96. The van der Waals surface area contributed by atoms with Gasteiger partial charge in [-0.15, -0.1) is 0 Å². The van der Waals surface area contributed by atoms with Crippen molar-refractivity contribution in [2.75, 3.05) is 19.7 Å². The van der Waals surface area contributed by atoms with Crippen LogP contribution in [0.5, 0.6) is 5.75 Å². The number of hydrogen-bond acceptors (Lipinski definition) is 3. The van der Waals surface area contributed by atoms with E-state index in [9.17, 15) is 9.90 Å². The van der Waals surface area contributed by atoms with E-state index in [4.69, 9.17) is 16.3 Å². The van der Waals surface area contributed by atoms with Crippen molar-refractivity contribution in [2.45, 2.75) is 32.3 Å². The predicted octanol–water partition coefficient (Wildman–Crippen LogP) is 2.78. The van der Waals surface area contributed by atoms with Gasteiger partial charge in [-0.1, -0.05) is 11.6 Å². The van der Waals surface area contributed by atoms with Crippen LogP contribution >= 0.6 is 11.6 Å². The van der Waals surface area contributed by atoms with Crippen LogP contribution in [-0.4, -0.2) is 35.6 Å². The second kappa shape index (κ2) is 6.95. The molecular weight excluding hydrogens is 278 g/mol. The Balaban J connectivity index is 1.98. The first kappa shape index (κ1) is 15.1. The number of carbonyl (C=O) groups excluding carboxylic acids is 1. The fraction of sp³-hybridized carbons (Fsp3) is 0.533. The largest absolute Gasteiger partial charge is 0.483 e. The number of aliphatic hydroxyl groups is 1. The molecule has 1 aliphatic rings. The molecule has 0 aliphatic carbocycles. The van der Waals surface area contributed by atoms with Crippen molar-refractivity contribution in [3.05, 3.63) is 28.8 Å². The Hall–Kier alpha value is -1.26. The van der Waals surface area contributed by atoms with Gasteiger partial charge in [0.2, 0.25) is 0 Å². The first-order valence-corrected chi connectivity index (χ1v) is 7.34. The van der Waals surface area contributed by atoms with Gasteiger partial charge in [0.25, 0.3) is 5.91 Å². The van der Waals surface area contributed by atoms with Gasteiger partial charge < -0.3 is 14.7 Å². The van der Waals surface area contributed by atoms with Crippen molar-refractivity contribution in [3.8, 4) is 5.75 Å². The molecule has 1 fully saturated rings. The van der Waals surface area contributed by atoms with E-state index in [0.717, 1.165) is 25.9 Å². The van der Waals surface area contributed by atoms with Crippen LogP contribution in [0.15, 0.2) is 18.2 Å². The molecule has 5 heteroatoms. The number of ether oxygens (including phenoxy) is 1. The Morgan fingerprint density at radius 3 is 2.75 bits per heavy atom. The zero-order valence-corrected chi connectivity index (χ0v) is 12.4. The van der Waals surface area contributed by atoms with Crippen LogP contribution in [0.1, 0.15) is 37.9 Å². The monoisotopic (exact) mass is 297 g/mol. The van der Waals surface area contributed by atoms with E-state index in [-0.39, 0.29) is 12.5 Å². The Labute approximate surface area is 124 Å². The number of rotatable bonds is 4. The molecule has 0 bridgehead atoms. The highest BCUT2D eigenvalue weighted by molar-refractivity contribution is 6.30. The van der Waals surface area contributed by atoms with Crippen molar-refractivity contribution < 1.29 is 14.6 Å². The first-order chi connectivity index (χ1) is 9.58. The SMILES string of the molecule is C[C@H](O)c1cc(Cl)ccc1OCC(=O)N1CCCCC1. The molecule has 0 unspecified atom stereocenters. The summed E-state index contributed by atoms with van der Waals surface area (Å²) < 4.78 is 5.56. The number of halogens is 1. The summed E-state index contributed by atoms with van der Waals surface area (Å²) in [6.07, 6.45) is 2.62. The summed E-state index contributed by atoms with van der Waals surface area (Å²) in [5.41, 5.74) is 0.601. The van der Waals surface area contributed by atoms with Crippen molar-refractivity contribution >= 4 is 17.5 Å². The molecule has 0 aromatic heterocycles. The van der Waals surface area contributed by atoms with Gasteiger partial charge in [0.05, 0.1) is 6.10 Å². The molecule has 20 heavy (non-hydrogen) atoms. The predicted molar refractivity (Wildman–Crippen MR) is 78.0 cm³/mol. The molecule has 1 N–H and O–H groups in total. The summed E-state index contributed by atoms with van der Waals surface area (Å²) >= 11 is 5.90. The Morgan fingerprint density at radius 2 is 2.10 bits per heavy atom. The third-order valence-corrected chi connectivity index (χ3v) is 3.72. The average molecular weight is 298 g/mol. The molecule has 1 aromatic rings. The van der Waals surface area contributed by atoms with E-state index < -0.39 is 6.10 Å². The van der Waals surface area contributed by atoms with Gasteiger partial charge >= 0.3 is 0 Å². The van der Waals surface area contributed by atoms with Crippen molar-refractivity contribution in [2.24, 2.45) is 0 Å². The summed E-state index contributed by atoms with van der Waals surface area (Å²) in [4.78, 5) is 13.9. The molecule has 4 nitrogen and oxygen atoms in total. The maximum atomic E-state index is 12.0. The number of nitrogens with zero attached hydrogens (tertiary/aromatic N) is 1. The van der Waals surface area contributed by atoms with E-state index in [0.29, 0.717) is 16.3 Å². The van der Waals surface area contributed by atoms with Crippen LogP contribution in [0, 0.1) is 0 Å². The lowest BCUT2D eigenvalue weighted by molar-refractivity contribution is -0.134. The van der Waals surface area contributed by atoms with Gasteiger partial charge in [-0.2, -0.15) is 0 Å². The summed E-state index contributed by atoms with van der Waals surface area (Å²) in [7, 11) is 0. The van der Waals surface area contributed by atoms with Gasteiger partial charge in [0.15, 0.2) is 6.61 Å². The molecule has 1 heterocycles. The Bertz CT molecular complexity index is 470. The van der Waals surface area contributed by atoms with Gasteiger partial charge in [-0.25, -0.2) is 0 Å².